The Morgan fingerprint density at radius 3 is 2.72 bits per heavy atom. The van der Waals surface area contributed by atoms with Crippen LogP contribution in [-0.2, 0) is 4.74 Å². The summed E-state index contributed by atoms with van der Waals surface area (Å²) in [7, 11) is 0. The van der Waals surface area contributed by atoms with E-state index < -0.39 is 0 Å². The van der Waals surface area contributed by atoms with Gasteiger partial charge in [-0.1, -0.05) is 12.2 Å². The predicted octanol–water partition coefficient (Wildman–Crippen LogP) is 2.04. The van der Waals surface area contributed by atoms with E-state index in [1.54, 1.807) is 0 Å². The lowest BCUT2D eigenvalue weighted by atomic mass is 9.94. The Balaban J connectivity index is 1.69. The average Bonchev–Trinajstić information content (AvgIpc) is 2.41. The van der Waals surface area contributed by atoms with Gasteiger partial charge in [-0.2, -0.15) is 0 Å². The minimum absolute atomic E-state index is 0.244. The van der Waals surface area contributed by atoms with Crippen molar-refractivity contribution in [1.29, 1.82) is 0 Å². The molecule has 0 radical (unpaired) electrons. The van der Waals surface area contributed by atoms with E-state index in [-0.39, 0.29) is 5.54 Å². The molecule has 0 aromatic carbocycles. The largest absolute Gasteiger partial charge is 0.379 e. The second-order valence-electron chi connectivity index (χ2n) is 6.19. The van der Waals surface area contributed by atoms with Crippen LogP contribution in [0.15, 0.2) is 12.2 Å². The highest BCUT2D eigenvalue weighted by Crippen LogP contribution is 2.18. The van der Waals surface area contributed by atoms with Crippen molar-refractivity contribution in [3.63, 3.8) is 0 Å². The molecule has 1 fully saturated rings. The number of nitrogens with zero attached hydrogens (tertiary/aromatic N) is 1. The quantitative estimate of drug-likeness (QED) is 0.758. The van der Waals surface area contributed by atoms with Gasteiger partial charge in [0.05, 0.1) is 13.2 Å². The summed E-state index contributed by atoms with van der Waals surface area (Å²) in [6.07, 6.45) is 8.52. The van der Waals surface area contributed by atoms with Gasteiger partial charge in [0.1, 0.15) is 0 Å². The molecule has 0 aromatic heterocycles. The van der Waals surface area contributed by atoms with Crippen LogP contribution in [0.4, 0.5) is 0 Å². The van der Waals surface area contributed by atoms with Crippen molar-refractivity contribution < 1.29 is 4.74 Å². The fourth-order valence-corrected chi connectivity index (χ4v) is 2.90. The first kappa shape index (κ1) is 14.0. The van der Waals surface area contributed by atoms with Gasteiger partial charge in [0.15, 0.2) is 0 Å². The standard InChI is InChI=1S/C15H28N2O/c1-15(2,17-8-10-18-11-9-17)13-16-12-14-6-4-3-5-7-14/h3-4,14,16H,5-13H2,1-2H3. The molecule has 3 heteroatoms. The third kappa shape index (κ3) is 4.08. The van der Waals surface area contributed by atoms with Crippen molar-refractivity contribution in [2.45, 2.75) is 38.6 Å². The molecule has 1 N–H and O–H groups in total. The Bertz CT molecular complexity index is 270. The summed E-state index contributed by atoms with van der Waals surface area (Å²) in [5.41, 5.74) is 0.244. The molecule has 0 bridgehead atoms. The van der Waals surface area contributed by atoms with Crippen LogP contribution in [0.5, 0.6) is 0 Å². The molecule has 0 spiro atoms. The molecule has 2 rings (SSSR count). The van der Waals surface area contributed by atoms with Crippen molar-refractivity contribution >= 4 is 0 Å². The Kier molecular flexibility index (Phi) is 5.22. The number of hydrogen-bond acceptors (Lipinski definition) is 3. The zero-order valence-electron chi connectivity index (χ0n) is 12.0. The van der Waals surface area contributed by atoms with Gasteiger partial charge in [0.25, 0.3) is 0 Å². The molecule has 0 amide bonds. The number of morpholine rings is 1. The van der Waals surface area contributed by atoms with Crippen molar-refractivity contribution in [3.8, 4) is 0 Å². The Morgan fingerprint density at radius 2 is 2.06 bits per heavy atom. The van der Waals surface area contributed by atoms with E-state index in [1.165, 1.54) is 19.3 Å². The fourth-order valence-electron chi connectivity index (χ4n) is 2.90. The van der Waals surface area contributed by atoms with Crippen molar-refractivity contribution in [1.82, 2.24) is 10.2 Å². The maximum absolute atomic E-state index is 5.42. The predicted molar refractivity (Wildman–Crippen MR) is 75.8 cm³/mol. The van der Waals surface area contributed by atoms with Gasteiger partial charge in [-0.3, -0.25) is 4.90 Å². The van der Waals surface area contributed by atoms with Gasteiger partial charge in [-0.25, -0.2) is 0 Å². The lowest BCUT2D eigenvalue weighted by Gasteiger charge is -2.41. The maximum atomic E-state index is 5.42. The van der Waals surface area contributed by atoms with E-state index in [4.69, 9.17) is 4.74 Å². The van der Waals surface area contributed by atoms with Crippen LogP contribution in [0, 0.1) is 5.92 Å². The van der Waals surface area contributed by atoms with Gasteiger partial charge in [0.2, 0.25) is 0 Å². The summed E-state index contributed by atoms with van der Waals surface area (Å²) in [6, 6.07) is 0. The third-order valence-corrected chi connectivity index (χ3v) is 4.24. The van der Waals surface area contributed by atoms with Gasteiger partial charge in [-0.15, -0.1) is 0 Å². The molecule has 18 heavy (non-hydrogen) atoms. The molecule has 0 aromatic rings. The van der Waals surface area contributed by atoms with E-state index in [2.05, 4.69) is 36.2 Å². The van der Waals surface area contributed by atoms with Crippen LogP contribution >= 0.6 is 0 Å². The molecule has 1 saturated heterocycles. The SMILES string of the molecule is CC(C)(CNCC1CC=CCC1)N1CCOCC1. The minimum Gasteiger partial charge on any atom is -0.379 e. The van der Waals surface area contributed by atoms with E-state index in [1.807, 2.05) is 0 Å². The second kappa shape index (κ2) is 6.69. The Labute approximate surface area is 112 Å². The monoisotopic (exact) mass is 252 g/mol. The smallest absolute Gasteiger partial charge is 0.0594 e. The molecule has 104 valence electrons. The molecule has 0 saturated carbocycles. The first-order valence-corrected chi connectivity index (χ1v) is 7.37. The minimum atomic E-state index is 0.244. The maximum Gasteiger partial charge on any atom is 0.0594 e. The highest BCUT2D eigenvalue weighted by molar-refractivity contribution is 4.91. The van der Waals surface area contributed by atoms with E-state index in [9.17, 15) is 0 Å². The topological polar surface area (TPSA) is 24.5 Å². The highest BCUT2D eigenvalue weighted by atomic mass is 16.5. The molecule has 1 aliphatic heterocycles. The number of rotatable bonds is 5. The Hall–Kier alpha value is -0.380. The number of ether oxygens (including phenoxy) is 1. The van der Waals surface area contributed by atoms with Gasteiger partial charge >= 0.3 is 0 Å². The fraction of sp³-hybridized carbons (Fsp3) is 0.867. The van der Waals surface area contributed by atoms with Gasteiger partial charge < -0.3 is 10.1 Å². The average molecular weight is 252 g/mol. The van der Waals surface area contributed by atoms with Crippen LogP contribution in [0.2, 0.25) is 0 Å². The van der Waals surface area contributed by atoms with Crippen LogP contribution < -0.4 is 5.32 Å². The summed E-state index contributed by atoms with van der Waals surface area (Å²) < 4.78 is 5.42. The first-order valence-electron chi connectivity index (χ1n) is 7.37. The molecule has 3 nitrogen and oxygen atoms in total. The van der Waals surface area contributed by atoms with Crippen LogP contribution in [0.3, 0.4) is 0 Å². The van der Waals surface area contributed by atoms with Gasteiger partial charge in [0, 0.05) is 25.2 Å². The van der Waals surface area contributed by atoms with Crippen molar-refractivity contribution in [3.05, 3.63) is 12.2 Å². The zero-order valence-corrected chi connectivity index (χ0v) is 12.0. The summed E-state index contributed by atoms with van der Waals surface area (Å²) in [5.74, 6) is 0.843. The summed E-state index contributed by atoms with van der Waals surface area (Å²) in [5, 5.41) is 3.68. The molecule has 2 aliphatic rings. The number of nitrogens with one attached hydrogen (secondary N) is 1. The summed E-state index contributed by atoms with van der Waals surface area (Å²) >= 11 is 0. The molecular formula is C15H28N2O. The second-order valence-corrected chi connectivity index (χ2v) is 6.19. The zero-order chi connectivity index (χ0) is 12.8. The molecule has 1 heterocycles. The molecule has 1 unspecified atom stereocenters. The van der Waals surface area contributed by atoms with Crippen LogP contribution in [0.25, 0.3) is 0 Å². The Morgan fingerprint density at radius 1 is 1.28 bits per heavy atom. The lowest BCUT2D eigenvalue weighted by Crippen LogP contribution is -2.55. The summed E-state index contributed by atoms with van der Waals surface area (Å²) in [6.45, 7) is 10.8. The van der Waals surface area contributed by atoms with Gasteiger partial charge in [-0.05, 0) is 45.6 Å². The van der Waals surface area contributed by atoms with E-state index in [0.717, 1.165) is 45.3 Å². The highest BCUT2D eigenvalue weighted by Gasteiger charge is 2.27. The molecule has 1 atom stereocenters. The number of allylic oxidation sites excluding steroid dienone is 2. The van der Waals surface area contributed by atoms with Crippen molar-refractivity contribution in [2.24, 2.45) is 5.92 Å². The lowest BCUT2D eigenvalue weighted by molar-refractivity contribution is -0.00979. The summed E-state index contributed by atoms with van der Waals surface area (Å²) in [4.78, 5) is 2.55. The van der Waals surface area contributed by atoms with E-state index >= 15 is 0 Å². The molecule has 1 aliphatic carbocycles. The first-order chi connectivity index (χ1) is 8.68. The molecular weight excluding hydrogens is 224 g/mol. The normalized spacial score (nSPS) is 26.4. The van der Waals surface area contributed by atoms with E-state index in [0.29, 0.717) is 0 Å². The third-order valence-electron chi connectivity index (χ3n) is 4.24. The number of hydrogen-bond donors (Lipinski definition) is 1. The van der Waals surface area contributed by atoms with Crippen LogP contribution in [0.1, 0.15) is 33.1 Å². The van der Waals surface area contributed by atoms with Crippen LogP contribution in [-0.4, -0.2) is 49.8 Å². The van der Waals surface area contributed by atoms with Crippen molar-refractivity contribution in [2.75, 3.05) is 39.4 Å².